The number of carbonyl (C=O) groups excluding carboxylic acids is 2. The Morgan fingerprint density at radius 1 is 1.03 bits per heavy atom. The molecule has 4 N–H and O–H groups in total. The van der Waals surface area contributed by atoms with E-state index in [9.17, 15) is 22.8 Å². The van der Waals surface area contributed by atoms with Gasteiger partial charge in [-0.1, -0.05) is 6.07 Å². The minimum Gasteiger partial charge on any atom is -0.445 e. The third-order valence-electron chi connectivity index (χ3n) is 4.43. The maximum Gasteiger partial charge on any atom is 0.407 e. The monoisotopic (exact) mass is 460 g/mol. The fourth-order valence-electron chi connectivity index (χ4n) is 2.97. The molecule has 0 aliphatic heterocycles. The van der Waals surface area contributed by atoms with Crippen molar-refractivity contribution < 1.29 is 32.6 Å². The molecule has 3 aromatic rings. The number of ether oxygens (including phenoxy) is 1. The van der Waals surface area contributed by atoms with Crippen molar-refractivity contribution in [1.82, 2.24) is 10.3 Å². The molecule has 0 fully saturated rings. The number of benzene rings is 2. The zero-order chi connectivity index (χ0) is 24.0. The van der Waals surface area contributed by atoms with E-state index in [-0.39, 0.29) is 31.3 Å². The average molecular weight is 460 g/mol. The number of anilines is 2. The lowest BCUT2D eigenvalue weighted by Gasteiger charge is -2.22. The van der Waals surface area contributed by atoms with Crippen molar-refractivity contribution in [3.63, 3.8) is 0 Å². The number of pyridine rings is 1. The van der Waals surface area contributed by atoms with Crippen LogP contribution in [0.25, 0.3) is 11.3 Å². The summed E-state index contributed by atoms with van der Waals surface area (Å²) in [4.78, 5) is 28.7. The molecule has 3 rings (SSSR count). The van der Waals surface area contributed by atoms with E-state index >= 15 is 0 Å². The smallest absolute Gasteiger partial charge is 0.407 e. The predicted octanol–water partition coefficient (Wildman–Crippen LogP) is 3.60. The number of nitrogens with one attached hydrogen (secondary N) is 1. The zero-order valence-electron chi connectivity index (χ0n) is 17.1. The highest BCUT2D eigenvalue weighted by molar-refractivity contribution is 5.98. The molecule has 0 bridgehead atoms. The van der Waals surface area contributed by atoms with Crippen LogP contribution in [0.4, 0.5) is 34.3 Å². The number of para-hydroxylation sites is 1. The molecule has 0 atom stereocenters. The predicted molar refractivity (Wildman–Crippen MR) is 113 cm³/mol. The molecule has 1 aromatic heterocycles. The van der Waals surface area contributed by atoms with Gasteiger partial charge < -0.3 is 20.9 Å². The number of alkyl carbamates (subject to hydrolysis) is 1. The molecule has 3 amide bonds. The van der Waals surface area contributed by atoms with Gasteiger partial charge >= 0.3 is 12.1 Å². The van der Waals surface area contributed by atoms with Crippen LogP contribution < -0.4 is 16.0 Å². The Labute approximate surface area is 186 Å². The summed E-state index contributed by atoms with van der Waals surface area (Å²) in [6.45, 7) is -0.563. The molecule has 8 nitrogen and oxygen atoms in total. The van der Waals surface area contributed by atoms with Gasteiger partial charge in [-0.05, 0) is 48.5 Å². The van der Waals surface area contributed by atoms with Gasteiger partial charge in [0.05, 0.1) is 12.3 Å². The molecule has 0 spiro atoms. The zero-order valence-corrected chi connectivity index (χ0v) is 17.1. The number of aliphatic hydroxyl groups excluding tert-OH is 1. The Bertz CT molecular complexity index is 1140. The van der Waals surface area contributed by atoms with Gasteiger partial charge in [-0.15, -0.1) is 0 Å². The van der Waals surface area contributed by atoms with E-state index in [2.05, 4.69) is 10.3 Å². The van der Waals surface area contributed by atoms with Crippen molar-refractivity contribution in [1.29, 1.82) is 0 Å². The van der Waals surface area contributed by atoms with Gasteiger partial charge in [0.1, 0.15) is 35.6 Å². The Hall–Kier alpha value is -4.12. The number of urea groups is 1. The summed E-state index contributed by atoms with van der Waals surface area (Å²) in [6, 6.07) is 9.70. The Balaban J connectivity index is 2.06. The summed E-state index contributed by atoms with van der Waals surface area (Å²) in [5, 5.41) is 11.1. The van der Waals surface area contributed by atoms with E-state index in [1.807, 2.05) is 0 Å². The lowest BCUT2D eigenvalue weighted by atomic mass is 10.1. The molecular weight excluding hydrogens is 441 g/mol. The minimum absolute atomic E-state index is 0.0113. The lowest BCUT2D eigenvalue weighted by molar-refractivity contribution is 0.137. The van der Waals surface area contributed by atoms with Crippen molar-refractivity contribution in [2.45, 2.75) is 6.61 Å². The normalized spacial score (nSPS) is 10.5. The molecule has 11 heteroatoms. The van der Waals surface area contributed by atoms with E-state index < -0.39 is 35.3 Å². The van der Waals surface area contributed by atoms with Gasteiger partial charge in [-0.3, -0.25) is 0 Å². The van der Waals surface area contributed by atoms with Crippen LogP contribution in [0.3, 0.4) is 0 Å². The minimum atomic E-state index is -1.19. The van der Waals surface area contributed by atoms with Crippen molar-refractivity contribution in [2.24, 2.45) is 5.73 Å². The van der Waals surface area contributed by atoms with E-state index in [0.717, 1.165) is 18.2 Å². The molecule has 2 aromatic carbocycles. The molecule has 0 aliphatic rings. The van der Waals surface area contributed by atoms with E-state index in [4.69, 9.17) is 15.6 Å². The molecule has 172 valence electrons. The van der Waals surface area contributed by atoms with Crippen LogP contribution in [-0.2, 0) is 11.3 Å². The second kappa shape index (κ2) is 10.5. The van der Waals surface area contributed by atoms with Crippen molar-refractivity contribution in [2.75, 3.05) is 18.1 Å². The molecule has 0 saturated carbocycles. The second-order valence-corrected chi connectivity index (χ2v) is 6.65. The van der Waals surface area contributed by atoms with E-state index in [1.165, 1.54) is 36.4 Å². The molecular formula is C22H19F3N4O4. The highest BCUT2D eigenvalue weighted by atomic mass is 19.1. The van der Waals surface area contributed by atoms with E-state index in [0.29, 0.717) is 16.0 Å². The summed E-state index contributed by atoms with van der Waals surface area (Å²) in [5.74, 6) is -2.79. The van der Waals surface area contributed by atoms with Crippen molar-refractivity contribution in [3.05, 3.63) is 77.6 Å². The SMILES string of the molecule is NC(=O)N(c1ccc(COC(=O)NCCO)c(-c2ccc(F)cc2)n1)c1c(F)cccc1F. The van der Waals surface area contributed by atoms with Crippen LogP contribution in [0.15, 0.2) is 54.6 Å². The summed E-state index contributed by atoms with van der Waals surface area (Å²) in [6.07, 6.45) is -0.801. The number of rotatable bonds is 7. The highest BCUT2D eigenvalue weighted by Crippen LogP contribution is 2.32. The Morgan fingerprint density at radius 2 is 1.70 bits per heavy atom. The summed E-state index contributed by atoms with van der Waals surface area (Å²) in [7, 11) is 0. The van der Waals surface area contributed by atoms with Gasteiger partial charge in [0.15, 0.2) is 0 Å². The van der Waals surface area contributed by atoms with Crippen LogP contribution >= 0.6 is 0 Å². The number of carbonyl (C=O) groups is 2. The first-order valence-corrected chi connectivity index (χ1v) is 9.62. The number of amides is 3. The van der Waals surface area contributed by atoms with Crippen LogP contribution in [0.2, 0.25) is 0 Å². The number of hydrogen-bond acceptors (Lipinski definition) is 5. The molecule has 0 saturated heterocycles. The first kappa shape index (κ1) is 23.5. The molecule has 33 heavy (non-hydrogen) atoms. The first-order valence-electron chi connectivity index (χ1n) is 9.62. The maximum absolute atomic E-state index is 14.4. The van der Waals surface area contributed by atoms with Crippen LogP contribution in [0.1, 0.15) is 5.56 Å². The van der Waals surface area contributed by atoms with Crippen molar-refractivity contribution >= 4 is 23.6 Å². The van der Waals surface area contributed by atoms with Gasteiger partial charge in [-0.2, -0.15) is 0 Å². The summed E-state index contributed by atoms with van der Waals surface area (Å²) >= 11 is 0. The number of primary amides is 1. The third kappa shape index (κ3) is 5.57. The maximum atomic E-state index is 14.4. The number of aromatic nitrogens is 1. The van der Waals surface area contributed by atoms with Gasteiger partial charge in [0.25, 0.3) is 0 Å². The highest BCUT2D eigenvalue weighted by Gasteiger charge is 2.25. The number of nitrogens with two attached hydrogens (primary N) is 1. The first-order chi connectivity index (χ1) is 15.8. The lowest BCUT2D eigenvalue weighted by Crippen LogP contribution is -2.33. The van der Waals surface area contributed by atoms with Crippen LogP contribution in [0, 0.1) is 17.5 Å². The number of hydrogen-bond donors (Lipinski definition) is 3. The van der Waals surface area contributed by atoms with Gasteiger partial charge in [0.2, 0.25) is 0 Å². The largest absolute Gasteiger partial charge is 0.445 e. The molecule has 0 aliphatic carbocycles. The fraction of sp³-hybridized carbons (Fsp3) is 0.136. The van der Waals surface area contributed by atoms with Gasteiger partial charge in [0, 0.05) is 17.7 Å². The fourth-order valence-corrected chi connectivity index (χ4v) is 2.97. The van der Waals surface area contributed by atoms with Crippen LogP contribution in [-0.4, -0.2) is 35.4 Å². The standard InChI is InChI=1S/C22H19F3N4O4/c23-15-7-4-13(5-8-15)19-14(12-33-22(32)27-10-11-30)6-9-18(28-19)29(21(26)31)20-16(24)2-1-3-17(20)25/h1-9,30H,10-12H2,(H2,26,31)(H,27,32). The quantitative estimate of drug-likeness (QED) is 0.498. The number of halogens is 3. The Morgan fingerprint density at radius 3 is 2.30 bits per heavy atom. The Kier molecular flexibility index (Phi) is 7.46. The van der Waals surface area contributed by atoms with Crippen LogP contribution in [0.5, 0.6) is 0 Å². The third-order valence-corrected chi connectivity index (χ3v) is 4.43. The molecule has 1 heterocycles. The summed E-state index contributed by atoms with van der Waals surface area (Å²) < 4.78 is 47.2. The van der Waals surface area contributed by atoms with Gasteiger partial charge in [-0.25, -0.2) is 32.6 Å². The average Bonchev–Trinajstić information content (AvgIpc) is 2.79. The number of nitrogens with zero attached hydrogens (tertiary/aromatic N) is 2. The molecule has 0 unspecified atom stereocenters. The second-order valence-electron chi connectivity index (χ2n) is 6.65. The topological polar surface area (TPSA) is 118 Å². The number of aliphatic hydroxyl groups is 1. The molecule has 0 radical (unpaired) electrons. The van der Waals surface area contributed by atoms with Crippen molar-refractivity contribution in [3.8, 4) is 11.3 Å². The summed E-state index contributed by atoms with van der Waals surface area (Å²) in [5.41, 5.74) is 5.57. The van der Waals surface area contributed by atoms with E-state index in [1.54, 1.807) is 0 Å².